The van der Waals surface area contributed by atoms with Gasteiger partial charge < -0.3 is 10.2 Å². The average molecular weight is 359 g/mol. The molecule has 18 heavy (non-hydrogen) atoms. The molecular weight excluding hydrogens is 337 g/mol. The lowest BCUT2D eigenvalue weighted by atomic mass is 10.0. The van der Waals surface area contributed by atoms with E-state index in [4.69, 9.17) is 0 Å². The van der Waals surface area contributed by atoms with Crippen LogP contribution in [-0.4, -0.2) is 30.5 Å². The molecule has 0 saturated heterocycles. The molecule has 1 heterocycles. The molecule has 0 bridgehead atoms. The molecule has 0 aromatic heterocycles. The number of nitrogens with one attached hydrogen (secondary N) is 1. The van der Waals surface area contributed by atoms with Gasteiger partial charge in [-0.2, -0.15) is 0 Å². The van der Waals surface area contributed by atoms with Gasteiger partial charge in [-0.25, -0.2) is 0 Å². The molecule has 100 valence electrons. The summed E-state index contributed by atoms with van der Waals surface area (Å²) in [5.74, 6) is 1.05. The fourth-order valence-corrected chi connectivity index (χ4v) is 2.25. The third kappa shape index (κ3) is 3.60. The zero-order chi connectivity index (χ0) is 12.1. The number of hydrogen-bond acceptors (Lipinski definition) is 1. The number of halogens is 1. The predicted octanol–water partition coefficient (Wildman–Crippen LogP) is 2.65. The van der Waals surface area contributed by atoms with E-state index < -0.39 is 0 Å². The molecule has 1 aliphatic rings. The van der Waals surface area contributed by atoms with Gasteiger partial charge in [-0.05, 0) is 31.4 Å². The number of benzene rings is 1. The number of hydrogen-bond donors (Lipinski definition) is 1. The third-order valence-electron chi connectivity index (χ3n) is 3.07. The van der Waals surface area contributed by atoms with Crippen molar-refractivity contribution in [1.29, 1.82) is 0 Å². The lowest BCUT2D eigenvalue weighted by Crippen LogP contribution is -2.44. The van der Waals surface area contributed by atoms with Crippen molar-refractivity contribution >= 4 is 29.9 Å². The number of rotatable bonds is 2. The van der Waals surface area contributed by atoms with Crippen LogP contribution in [0.5, 0.6) is 0 Å². The molecule has 1 aromatic carbocycles. The highest BCUT2D eigenvalue weighted by molar-refractivity contribution is 14.0. The average Bonchev–Trinajstić information content (AvgIpc) is 2.38. The van der Waals surface area contributed by atoms with Crippen molar-refractivity contribution in [3.63, 3.8) is 0 Å². The van der Waals surface area contributed by atoms with Crippen molar-refractivity contribution in [2.75, 3.05) is 19.6 Å². The molecule has 2 rings (SSSR count). The predicted molar refractivity (Wildman–Crippen MR) is 87.6 cm³/mol. The van der Waals surface area contributed by atoms with Crippen LogP contribution >= 0.6 is 24.0 Å². The van der Waals surface area contributed by atoms with Gasteiger partial charge in [0.1, 0.15) is 0 Å². The second-order valence-electron chi connectivity index (χ2n) is 4.27. The summed E-state index contributed by atoms with van der Waals surface area (Å²) in [6, 6.07) is 8.69. The largest absolute Gasteiger partial charge is 0.357 e. The van der Waals surface area contributed by atoms with Gasteiger partial charge in [0, 0.05) is 26.2 Å². The van der Waals surface area contributed by atoms with Gasteiger partial charge in [0.05, 0.1) is 0 Å². The molecule has 0 unspecified atom stereocenters. The van der Waals surface area contributed by atoms with Crippen molar-refractivity contribution < 1.29 is 0 Å². The first-order valence-corrected chi connectivity index (χ1v) is 6.45. The summed E-state index contributed by atoms with van der Waals surface area (Å²) in [6.07, 6.45) is 1.12. The van der Waals surface area contributed by atoms with Gasteiger partial charge in [0.2, 0.25) is 0 Å². The molecule has 0 atom stereocenters. The molecule has 0 radical (unpaired) electrons. The van der Waals surface area contributed by atoms with E-state index >= 15 is 0 Å². The Morgan fingerprint density at radius 3 is 2.67 bits per heavy atom. The van der Waals surface area contributed by atoms with Crippen LogP contribution < -0.4 is 5.32 Å². The van der Waals surface area contributed by atoms with Crippen LogP contribution in [-0.2, 0) is 13.0 Å². The van der Waals surface area contributed by atoms with E-state index in [9.17, 15) is 0 Å². The van der Waals surface area contributed by atoms with Gasteiger partial charge in [0.25, 0.3) is 0 Å². The highest BCUT2D eigenvalue weighted by Crippen LogP contribution is 2.18. The van der Waals surface area contributed by atoms with Gasteiger partial charge in [-0.15, -0.1) is 24.0 Å². The molecule has 0 fully saturated rings. The molecule has 0 amide bonds. The first-order valence-electron chi connectivity index (χ1n) is 6.45. The summed E-state index contributed by atoms with van der Waals surface area (Å²) in [5, 5.41) is 3.36. The molecule has 1 aromatic rings. The Kier molecular flexibility index (Phi) is 6.46. The summed E-state index contributed by atoms with van der Waals surface area (Å²) < 4.78 is 0. The van der Waals surface area contributed by atoms with Crippen LogP contribution in [0, 0.1) is 0 Å². The fraction of sp³-hybridized carbons (Fsp3) is 0.500. The first-order chi connectivity index (χ1) is 8.35. The van der Waals surface area contributed by atoms with Crippen LogP contribution in [0.2, 0.25) is 0 Å². The van der Waals surface area contributed by atoms with Gasteiger partial charge in [-0.3, -0.25) is 4.99 Å². The number of fused-ring (bicyclic) bond motifs is 1. The Labute approximate surface area is 127 Å². The molecule has 0 saturated carbocycles. The minimum absolute atomic E-state index is 0. The van der Waals surface area contributed by atoms with Crippen molar-refractivity contribution in [3.8, 4) is 0 Å². The summed E-state index contributed by atoms with van der Waals surface area (Å²) in [5.41, 5.74) is 2.91. The Bertz CT molecular complexity index is 404. The molecule has 4 heteroatoms. The van der Waals surface area contributed by atoms with E-state index in [0.717, 1.165) is 38.6 Å². The minimum Gasteiger partial charge on any atom is -0.357 e. The van der Waals surface area contributed by atoms with Crippen molar-refractivity contribution in [2.24, 2.45) is 4.99 Å². The van der Waals surface area contributed by atoms with Crippen LogP contribution in [0.25, 0.3) is 0 Å². The topological polar surface area (TPSA) is 27.6 Å². The lowest BCUT2D eigenvalue weighted by Gasteiger charge is -2.31. The summed E-state index contributed by atoms with van der Waals surface area (Å²) >= 11 is 0. The first kappa shape index (κ1) is 15.3. The van der Waals surface area contributed by atoms with E-state index in [1.807, 2.05) is 0 Å². The Morgan fingerprint density at radius 2 is 2.00 bits per heavy atom. The molecule has 0 aliphatic carbocycles. The number of guanidine groups is 1. The number of aliphatic imine (C=N–C) groups is 1. The molecule has 1 aliphatic heterocycles. The van der Waals surface area contributed by atoms with Crippen LogP contribution in [0.4, 0.5) is 0 Å². The van der Waals surface area contributed by atoms with E-state index in [1.54, 1.807) is 0 Å². The maximum Gasteiger partial charge on any atom is 0.194 e. The lowest BCUT2D eigenvalue weighted by molar-refractivity contribution is 0.379. The summed E-state index contributed by atoms with van der Waals surface area (Å²) in [7, 11) is 0. The highest BCUT2D eigenvalue weighted by Gasteiger charge is 2.17. The standard InChI is InChI=1S/C14H21N3.HI/c1-3-15-14(16-4-2)17-10-9-12-7-5-6-8-13(12)11-17;/h5-8H,3-4,9-11H2,1-2H3,(H,15,16);1H. The maximum absolute atomic E-state index is 4.54. The van der Waals surface area contributed by atoms with E-state index in [2.05, 4.69) is 53.3 Å². The molecule has 0 spiro atoms. The van der Waals surface area contributed by atoms with Crippen LogP contribution in [0.3, 0.4) is 0 Å². The van der Waals surface area contributed by atoms with Crippen molar-refractivity contribution in [2.45, 2.75) is 26.8 Å². The third-order valence-corrected chi connectivity index (χ3v) is 3.07. The summed E-state index contributed by atoms with van der Waals surface area (Å²) in [6.45, 7) is 7.99. The van der Waals surface area contributed by atoms with Crippen LogP contribution in [0.15, 0.2) is 29.3 Å². The van der Waals surface area contributed by atoms with Gasteiger partial charge in [0.15, 0.2) is 5.96 Å². The number of nitrogens with zero attached hydrogens (tertiary/aromatic N) is 2. The van der Waals surface area contributed by atoms with Crippen LogP contribution in [0.1, 0.15) is 25.0 Å². The van der Waals surface area contributed by atoms with Gasteiger partial charge in [-0.1, -0.05) is 24.3 Å². The Morgan fingerprint density at radius 1 is 1.28 bits per heavy atom. The Hall–Kier alpha value is -0.780. The Balaban J connectivity index is 0.00000162. The summed E-state index contributed by atoms with van der Waals surface area (Å²) in [4.78, 5) is 6.88. The SMILES string of the molecule is CCN=C(NCC)N1CCc2ccccc2C1.I. The van der Waals surface area contributed by atoms with E-state index in [0.29, 0.717) is 0 Å². The zero-order valence-electron chi connectivity index (χ0n) is 11.1. The second kappa shape index (κ2) is 7.61. The highest BCUT2D eigenvalue weighted by atomic mass is 127. The molecular formula is C14H22IN3. The quantitative estimate of drug-likeness (QED) is 0.500. The fourth-order valence-electron chi connectivity index (χ4n) is 2.25. The molecule has 3 nitrogen and oxygen atoms in total. The minimum atomic E-state index is 0. The normalized spacial score (nSPS) is 14.8. The second-order valence-corrected chi connectivity index (χ2v) is 4.27. The van der Waals surface area contributed by atoms with Crippen molar-refractivity contribution in [1.82, 2.24) is 10.2 Å². The maximum atomic E-state index is 4.54. The van der Waals surface area contributed by atoms with Crippen molar-refractivity contribution in [3.05, 3.63) is 35.4 Å². The molecule has 1 N–H and O–H groups in total. The van der Waals surface area contributed by atoms with Gasteiger partial charge >= 0.3 is 0 Å². The zero-order valence-corrected chi connectivity index (χ0v) is 13.5. The smallest absolute Gasteiger partial charge is 0.194 e. The van der Waals surface area contributed by atoms with E-state index in [1.165, 1.54) is 11.1 Å². The van der Waals surface area contributed by atoms with E-state index in [-0.39, 0.29) is 24.0 Å². The monoisotopic (exact) mass is 359 g/mol.